The maximum Gasteiger partial charge on any atom is 0.344 e. The van der Waals surface area contributed by atoms with Crippen molar-refractivity contribution in [1.82, 2.24) is 19.6 Å². The molecule has 14 heteroatoms. The third kappa shape index (κ3) is 16.1. The van der Waals surface area contributed by atoms with Gasteiger partial charge in [-0.3, -0.25) is 29.1 Å². The molecule has 0 N–H and O–H groups in total. The minimum absolute atomic E-state index is 0.167. The molecule has 0 aromatic heterocycles. The zero-order valence-electron chi connectivity index (χ0n) is 22.2. The van der Waals surface area contributed by atoms with E-state index >= 15 is 0 Å². The average Bonchev–Trinajstić information content (AvgIpc) is 2.92. The van der Waals surface area contributed by atoms with E-state index in [1.54, 1.807) is 0 Å². The Morgan fingerprint density at radius 2 is 0.919 bits per heavy atom. The van der Waals surface area contributed by atoms with Crippen LogP contribution in [-0.2, 0) is 41.5 Å². The summed E-state index contributed by atoms with van der Waals surface area (Å²) in [4.78, 5) is 59.7. The summed E-state index contributed by atoms with van der Waals surface area (Å²) < 4.78 is 18.6. The molecule has 1 rings (SSSR count). The predicted molar refractivity (Wildman–Crippen MR) is 141 cm³/mol. The molecular formula is C23H41IN4O9. The molecule has 0 aromatic carbocycles. The van der Waals surface area contributed by atoms with Gasteiger partial charge in [0.1, 0.15) is 0 Å². The Kier molecular flexibility index (Phi) is 18.4. The summed E-state index contributed by atoms with van der Waals surface area (Å²) in [6.45, 7) is 8.74. The van der Waals surface area contributed by atoms with Crippen LogP contribution in [0.15, 0.2) is 0 Å². The Labute approximate surface area is 233 Å². The van der Waals surface area contributed by atoms with E-state index in [9.17, 15) is 19.2 Å². The number of halogens is 1. The van der Waals surface area contributed by atoms with Crippen LogP contribution in [0.4, 0.5) is 0 Å². The van der Waals surface area contributed by atoms with E-state index < -0.39 is 5.97 Å². The molecule has 1 fully saturated rings. The van der Waals surface area contributed by atoms with Gasteiger partial charge in [0.05, 0.1) is 47.0 Å². The first-order valence-electron chi connectivity index (χ1n) is 12.4. The molecule has 0 amide bonds. The Hall–Kier alpha value is -1.59. The molecule has 0 aliphatic carbocycles. The molecule has 0 spiro atoms. The fourth-order valence-corrected chi connectivity index (χ4v) is 4.05. The van der Waals surface area contributed by atoms with Gasteiger partial charge in [-0.05, 0) is 0 Å². The molecule has 0 bridgehead atoms. The van der Waals surface area contributed by atoms with Crippen molar-refractivity contribution >= 4 is 46.9 Å². The van der Waals surface area contributed by atoms with E-state index in [1.165, 1.54) is 44.3 Å². The fraction of sp³-hybridized carbons (Fsp3) is 0.826. The van der Waals surface area contributed by atoms with Crippen molar-refractivity contribution in [3.8, 4) is 0 Å². The van der Waals surface area contributed by atoms with Gasteiger partial charge in [0.2, 0.25) is 0 Å². The highest BCUT2D eigenvalue weighted by Gasteiger charge is 2.20. The SMILES string of the molecule is COC(=O)CCN(CCC(=O)OC)CCN1CCN(CCN(CCC(=O)OC)CCC(=O)OOI)CC1. The topological polar surface area (TPSA) is 127 Å². The molecule has 1 saturated heterocycles. The molecule has 1 aliphatic heterocycles. The molecule has 0 radical (unpaired) electrons. The molecule has 0 aromatic rings. The second-order valence-corrected chi connectivity index (χ2v) is 8.97. The largest absolute Gasteiger partial charge is 0.469 e. The van der Waals surface area contributed by atoms with Crippen molar-refractivity contribution in [2.45, 2.75) is 25.7 Å². The van der Waals surface area contributed by atoms with Gasteiger partial charge in [0, 0.05) is 78.5 Å². The first kappa shape index (κ1) is 33.4. The zero-order chi connectivity index (χ0) is 27.5. The van der Waals surface area contributed by atoms with Crippen molar-refractivity contribution in [1.29, 1.82) is 0 Å². The molecule has 1 heterocycles. The predicted octanol–water partition coefficient (Wildman–Crippen LogP) is 0.112. The molecule has 1 aliphatic rings. The smallest absolute Gasteiger partial charge is 0.344 e. The standard InChI is InChI=1S/C23H41IN4O9/c1-33-20(29)4-8-25(9-5-21(30)34-2)12-14-27-16-18-28(19-17-27)15-13-26(10-6-22(31)35-3)11-7-23(32)36-37-24/h4-19H2,1-3H3. The zero-order valence-corrected chi connectivity index (χ0v) is 24.3. The van der Waals surface area contributed by atoms with Crippen LogP contribution in [0.25, 0.3) is 0 Å². The summed E-state index contributed by atoms with van der Waals surface area (Å²) in [5, 5.41) is 0. The maximum atomic E-state index is 11.6. The van der Waals surface area contributed by atoms with Crippen molar-refractivity contribution in [3.05, 3.63) is 0 Å². The number of esters is 3. The molecule has 13 nitrogen and oxygen atoms in total. The van der Waals surface area contributed by atoms with Gasteiger partial charge in [-0.2, -0.15) is 0 Å². The van der Waals surface area contributed by atoms with Gasteiger partial charge >= 0.3 is 23.9 Å². The number of carbonyl (C=O) groups is 4. The van der Waals surface area contributed by atoms with Crippen molar-refractivity contribution < 1.29 is 41.5 Å². The molecule has 0 saturated carbocycles. The number of methoxy groups -OCH3 is 3. The summed E-state index contributed by atoms with van der Waals surface area (Å²) in [5.74, 6) is -1.29. The van der Waals surface area contributed by atoms with Crippen LogP contribution in [0.2, 0.25) is 0 Å². The lowest BCUT2D eigenvalue weighted by atomic mass is 10.2. The third-order valence-corrected chi connectivity index (χ3v) is 6.45. The second-order valence-electron chi connectivity index (χ2n) is 8.61. The van der Waals surface area contributed by atoms with Crippen LogP contribution in [-0.4, -0.2) is 143 Å². The minimum atomic E-state index is -0.460. The van der Waals surface area contributed by atoms with Crippen LogP contribution < -0.4 is 0 Å². The number of hydrogen-bond acceptors (Lipinski definition) is 13. The molecule has 0 atom stereocenters. The van der Waals surface area contributed by atoms with E-state index in [2.05, 4.69) is 27.7 Å². The highest BCUT2D eigenvalue weighted by atomic mass is 127. The van der Waals surface area contributed by atoms with Gasteiger partial charge in [-0.15, -0.1) is 3.22 Å². The van der Waals surface area contributed by atoms with Gasteiger partial charge in [0.25, 0.3) is 0 Å². The number of rotatable bonds is 19. The van der Waals surface area contributed by atoms with Crippen LogP contribution in [0.1, 0.15) is 25.7 Å². The van der Waals surface area contributed by atoms with Crippen LogP contribution in [0.5, 0.6) is 0 Å². The van der Waals surface area contributed by atoms with Crippen molar-refractivity contribution in [2.24, 2.45) is 0 Å². The quantitative estimate of drug-likeness (QED) is 0.0622. The summed E-state index contributed by atoms with van der Waals surface area (Å²) in [6, 6.07) is 0. The summed E-state index contributed by atoms with van der Waals surface area (Å²) in [5.41, 5.74) is 0. The van der Waals surface area contributed by atoms with Gasteiger partial charge in [0.15, 0.2) is 23.0 Å². The van der Waals surface area contributed by atoms with Crippen LogP contribution in [0.3, 0.4) is 0 Å². The van der Waals surface area contributed by atoms with Crippen LogP contribution in [0, 0.1) is 0 Å². The molecule has 214 valence electrons. The Morgan fingerprint density at radius 1 is 0.595 bits per heavy atom. The van der Waals surface area contributed by atoms with Crippen molar-refractivity contribution in [2.75, 3.05) is 99.9 Å². The van der Waals surface area contributed by atoms with E-state index in [0.717, 1.165) is 45.8 Å². The number of hydrogen-bond donors (Lipinski definition) is 0. The van der Waals surface area contributed by atoms with Crippen LogP contribution >= 0.6 is 23.0 Å². The number of carbonyl (C=O) groups excluding carboxylic acids is 4. The first-order valence-corrected chi connectivity index (χ1v) is 13.3. The monoisotopic (exact) mass is 644 g/mol. The van der Waals surface area contributed by atoms with Gasteiger partial charge < -0.3 is 24.0 Å². The number of piperazine rings is 1. The highest BCUT2D eigenvalue weighted by Crippen LogP contribution is 2.06. The van der Waals surface area contributed by atoms with E-state index in [-0.39, 0.29) is 43.6 Å². The lowest BCUT2D eigenvalue weighted by Crippen LogP contribution is -2.50. The lowest BCUT2D eigenvalue weighted by Gasteiger charge is -2.36. The summed E-state index contributed by atoms with van der Waals surface area (Å²) in [7, 11) is 4.10. The third-order valence-electron chi connectivity index (χ3n) is 6.27. The van der Waals surface area contributed by atoms with E-state index in [4.69, 9.17) is 14.2 Å². The Balaban J connectivity index is 2.44. The Bertz CT molecular complexity index is 673. The molecule has 37 heavy (non-hydrogen) atoms. The lowest BCUT2D eigenvalue weighted by molar-refractivity contribution is -0.195. The summed E-state index contributed by atoms with van der Waals surface area (Å²) >= 11 is 1.49. The van der Waals surface area contributed by atoms with Gasteiger partial charge in [-0.25, -0.2) is 4.79 Å². The fourth-order valence-electron chi connectivity index (χ4n) is 3.85. The average molecular weight is 645 g/mol. The Morgan fingerprint density at radius 3 is 1.22 bits per heavy atom. The highest BCUT2D eigenvalue weighted by molar-refractivity contribution is 14.1. The number of nitrogens with zero attached hydrogens (tertiary/aromatic N) is 4. The van der Waals surface area contributed by atoms with E-state index in [0.29, 0.717) is 32.7 Å². The number of ether oxygens (including phenoxy) is 3. The maximum absolute atomic E-state index is 11.6. The minimum Gasteiger partial charge on any atom is -0.469 e. The second kappa shape index (κ2) is 20.4. The van der Waals surface area contributed by atoms with Crippen molar-refractivity contribution in [3.63, 3.8) is 0 Å². The molecular weight excluding hydrogens is 603 g/mol. The van der Waals surface area contributed by atoms with E-state index in [1.807, 2.05) is 0 Å². The van der Waals surface area contributed by atoms with Gasteiger partial charge in [-0.1, -0.05) is 0 Å². The first-order chi connectivity index (χ1) is 17.8. The normalized spacial score (nSPS) is 14.5. The summed E-state index contributed by atoms with van der Waals surface area (Å²) in [6.07, 6.45) is 0.979. The molecule has 0 unspecified atom stereocenters.